The maximum Gasteiger partial charge on any atom is 0.0480 e. The van der Waals surface area contributed by atoms with Crippen molar-refractivity contribution < 1.29 is 4.74 Å². The largest absolute Gasteiger partial charge is 0.381 e. The molecule has 0 aliphatic carbocycles. The van der Waals surface area contributed by atoms with E-state index in [1.54, 1.807) is 0 Å². The molecule has 0 bridgehead atoms. The number of rotatable bonds is 3. The zero-order chi connectivity index (χ0) is 13.1. The van der Waals surface area contributed by atoms with E-state index >= 15 is 0 Å². The van der Waals surface area contributed by atoms with Crippen molar-refractivity contribution in [2.24, 2.45) is 11.8 Å². The smallest absolute Gasteiger partial charge is 0.0480 e. The fourth-order valence-corrected chi connectivity index (χ4v) is 3.32. The molecule has 106 valence electrons. The summed E-state index contributed by atoms with van der Waals surface area (Å²) >= 11 is 0. The Morgan fingerprint density at radius 1 is 1.06 bits per heavy atom. The summed E-state index contributed by atoms with van der Waals surface area (Å²) < 4.78 is 5.52. The molecule has 2 fully saturated rings. The molecular formula is C15H30N2O. The Kier molecular flexibility index (Phi) is 5.05. The molecule has 2 atom stereocenters. The van der Waals surface area contributed by atoms with Crippen LogP contribution >= 0.6 is 0 Å². The Hall–Kier alpha value is -0.120. The van der Waals surface area contributed by atoms with E-state index in [0.717, 1.165) is 37.6 Å². The van der Waals surface area contributed by atoms with Gasteiger partial charge in [-0.15, -0.1) is 0 Å². The monoisotopic (exact) mass is 254 g/mol. The van der Waals surface area contributed by atoms with Crippen molar-refractivity contribution in [1.82, 2.24) is 10.2 Å². The molecule has 0 aromatic heterocycles. The Morgan fingerprint density at radius 3 is 2.28 bits per heavy atom. The minimum absolute atomic E-state index is 0.655. The molecule has 0 aromatic rings. The minimum atomic E-state index is 0.655. The van der Waals surface area contributed by atoms with Crippen LogP contribution in [0.15, 0.2) is 0 Å². The van der Waals surface area contributed by atoms with Gasteiger partial charge in [-0.1, -0.05) is 27.7 Å². The molecule has 18 heavy (non-hydrogen) atoms. The highest BCUT2D eigenvalue weighted by Crippen LogP contribution is 2.25. The third-order valence-corrected chi connectivity index (χ3v) is 4.66. The second-order valence-electron chi connectivity index (χ2n) is 6.61. The van der Waals surface area contributed by atoms with Crippen LogP contribution in [0, 0.1) is 11.8 Å². The molecule has 2 aliphatic heterocycles. The standard InChI is InChI=1S/C15H30N2O/c1-11(2)14-10-17(13-5-7-18-8-6-13)15(9-16-14)12(3)4/h11-16H,5-10H2,1-4H3. The lowest BCUT2D eigenvalue weighted by Gasteiger charge is -2.48. The number of nitrogens with one attached hydrogen (secondary N) is 1. The molecule has 2 saturated heterocycles. The van der Waals surface area contributed by atoms with Crippen molar-refractivity contribution in [3.8, 4) is 0 Å². The van der Waals surface area contributed by atoms with Crippen molar-refractivity contribution in [2.45, 2.75) is 58.7 Å². The van der Waals surface area contributed by atoms with Gasteiger partial charge in [-0.3, -0.25) is 4.90 Å². The molecule has 0 spiro atoms. The van der Waals surface area contributed by atoms with Crippen LogP contribution in [0.25, 0.3) is 0 Å². The van der Waals surface area contributed by atoms with E-state index in [0.29, 0.717) is 12.1 Å². The summed E-state index contributed by atoms with van der Waals surface area (Å²) in [5.74, 6) is 1.45. The van der Waals surface area contributed by atoms with Crippen molar-refractivity contribution in [3.05, 3.63) is 0 Å². The molecule has 3 heteroatoms. The Labute approximate surface area is 112 Å². The van der Waals surface area contributed by atoms with Gasteiger partial charge in [-0.25, -0.2) is 0 Å². The van der Waals surface area contributed by atoms with Gasteiger partial charge in [0.1, 0.15) is 0 Å². The van der Waals surface area contributed by atoms with Gasteiger partial charge in [-0.2, -0.15) is 0 Å². The first kappa shape index (κ1) is 14.3. The molecule has 2 aliphatic rings. The van der Waals surface area contributed by atoms with E-state index in [1.807, 2.05) is 0 Å². The van der Waals surface area contributed by atoms with Crippen LogP contribution in [0.3, 0.4) is 0 Å². The third-order valence-electron chi connectivity index (χ3n) is 4.66. The number of hydrogen-bond acceptors (Lipinski definition) is 3. The van der Waals surface area contributed by atoms with Crippen molar-refractivity contribution in [2.75, 3.05) is 26.3 Å². The van der Waals surface area contributed by atoms with Gasteiger partial charge < -0.3 is 10.1 Å². The zero-order valence-electron chi connectivity index (χ0n) is 12.5. The third kappa shape index (κ3) is 3.25. The lowest BCUT2D eigenvalue weighted by Crippen LogP contribution is -2.62. The highest BCUT2D eigenvalue weighted by Gasteiger charge is 2.35. The van der Waals surface area contributed by atoms with Crippen LogP contribution in [-0.4, -0.2) is 49.3 Å². The highest BCUT2D eigenvalue weighted by atomic mass is 16.5. The van der Waals surface area contributed by atoms with E-state index in [-0.39, 0.29) is 0 Å². The summed E-state index contributed by atoms with van der Waals surface area (Å²) in [7, 11) is 0. The number of hydrogen-bond donors (Lipinski definition) is 1. The van der Waals surface area contributed by atoms with E-state index in [9.17, 15) is 0 Å². The van der Waals surface area contributed by atoms with Gasteiger partial charge in [0.05, 0.1) is 0 Å². The Morgan fingerprint density at radius 2 is 1.72 bits per heavy atom. The molecule has 3 nitrogen and oxygen atoms in total. The fourth-order valence-electron chi connectivity index (χ4n) is 3.32. The topological polar surface area (TPSA) is 24.5 Å². The normalized spacial score (nSPS) is 32.3. The summed E-state index contributed by atoms with van der Waals surface area (Å²) in [5, 5.41) is 3.75. The number of ether oxygens (including phenoxy) is 1. The van der Waals surface area contributed by atoms with Crippen LogP contribution in [0.1, 0.15) is 40.5 Å². The Bertz CT molecular complexity index is 249. The second-order valence-corrected chi connectivity index (χ2v) is 6.61. The zero-order valence-corrected chi connectivity index (χ0v) is 12.5. The quantitative estimate of drug-likeness (QED) is 0.835. The number of nitrogens with zero attached hydrogens (tertiary/aromatic N) is 1. The lowest BCUT2D eigenvalue weighted by atomic mass is 9.91. The van der Waals surface area contributed by atoms with Gasteiger partial charge >= 0.3 is 0 Å². The molecule has 0 saturated carbocycles. The predicted molar refractivity (Wildman–Crippen MR) is 75.8 cm³/mol. The van der Waals surface area contributed by atoms with E-state index in [2.05, 4.69) is 37.9 Å². The molecule has 0 aromatic carbocycles. The maximum absolute atomic E-state index is 5.52. The van der Waals surface area contributed by atoms with Gasteiger partial charge in [0.2, 0.25) is 0 Å². The van der Waals surface area contributed by atoms with Gasteiger partial charge in [0, 0.05) is 44.4 Å². The fraction of sp³-hybridized carbons (Fsp3) is 1.00. The summed E-state index contributed by atoms with van der Waals surface area (Å²) in [4.78, 5) is 2.79. The van der Waals surface area contributed by atoms with E-state index < -0.39 is 0 Å². The SMILES string of the molecule is CC(C)C1CN(C2CCOCC2)C(C(C)C)CN1. The number of piperazine rings is 1. The molecule has 2 rings (SSSR count). The van der Waals surface area contributed by atoms with Crippen LogP contribution < -0.4 is 5.32 Å². The Balaban J connectivity index is 2.03. The van der Waals surface area contributed by atoms with Crippen molar-refractivity contribution >= 4 is 0 Å². The van der Waals surface area contributed by atoms with Crippen LogP contribution in [0.4, 0.5) is 0 Å². The minimum Gasteiger partial charge on any atom is -0.381 e. The maximum atomic E-state index is 5.52. The van der Waals surface area contributed by atoms with Gasteiger partial charge in [0.15, 0.2) is 0 Å². The molecule has 2 unspecified atom stereocenters. The van der Waals surface area contributed by atoms with Gasteiger partial charge in [-0.05, 0) is 24.7 Å². The predicted octanol–water partition coefficient (Wildman–Crippen LogP) is 2.12. The van der Waals surface area contributed by atoms with E-state index in [1.165, 1.54) is 19.4 Å². The first-order valence-electron chi connectivity index (χ1n) is 7.66. The average Bonchev–Trinajstić information content (AvgIpc) is 2.39. The second kappa shape index (κ2) is 6.36. The molecule has 2 heterocycles. The molecular weight excluding hydrogens is 224 g/mol. The van der Waals surface area contributed by atoms with Gasteiger partial charge in [0.25, 0.3) is 0 Å². The van der Waals surface area contributed by atoms with Crippen LogP contribution in [-0.2, 0) is 4.74 Å². The van der Waals surface area contributed by atoms with Crippen molar-refractivity contribution in [1.29, 1.82) is 0 Å². The first-order chi connectivity index (χ1) is 8.59. The summed E-state index contributed by atoms with van der Waals surface area (Å²) in [6.07, 6.45) is 2.43. The summed E-state index contributed by atoms with van der Waals surface area (Å²) in [6, 6.07) is 2.10. The summed E-state index contributed by atoms with van der Waals surface area (Å²) in [5.41, 5.74) is 0. The molecule has 1 N–H and O–H groups in total. The van der Waals surface area contributed by atoms with Crippen LogP contribution in [0.5, 0.6) is 0 Å². The van der Waals surface area contributed by atoms with E-state index in [4.69, 9.17) is 4.74 Å². The lowest BCUT2D eigenvalue weighted by molar-refractivity contribution is -0.0148. The molecule has 0 amide bonds. The van der Waals surface area contributed by atoms with Crippen molar-refractivity contribution in [3.63, 3.8) is 0 Å². The first-order valence-corrected chi connectivity index (χ1v) is 7.66. The highest BCUT2D eigenvalue weighted by molar-refractivity contribution is 4.92. The van der Waals surface area contributed by atoms with Crippen LogP contribution in [0.2, 0.25) is 0 Å². The summed E-state index contributed by atoms with van der Waals surface area (Å²) in [6.45, 7) is 13.6. The molecule has 0 radical (unpaired) electrons. The average molecular weight is 254 g/mol.